The third-order valence-electron chi connectivity index (χ3n) is 6.05. The summed E-state index contributed by atoms with van der Waals surface area (Å²) in [7, 11) is 3.67. The lowest BCUT2D eigenvalue weighted by molar-refractivity contribution is -0.127. The van der Waals surface area contributed by atoms with Crippen LogP contribution in [0.15, 0.2) is 36.7 Å². The molecule has 0 radical (unpaired) electrons. The summed E-state index contributed by atoms with van der Waals surface area (Å²) in [5.41, 5.74) is 0.674. The maximum Gasteiger partial charge on any atom is 0.231 e. The van der Waals surface area contributed by atoms with Crippen molar-refractivity contribution in [2.75, 3.05) is 7.11 Å². The zero-order valence-corrected chi connectivity index (χ0v) is 15.6. The van der Waals surface area contributed by atoms with Crippen LogP contribution in [0.4, 0.5) is 0 Å². The molecule has 1 unspecified atom stereocenters. The number of carbonyl (C=O) groups is 1. The van der Waals surface area contributed by atoms with Crippen molar-refractivity contribution in [3.63, 3.8) is 0 Å². The molecule has 0 saturated heterocycles. The summed E-state index contributed by atoms with van der Waals surface area (Å²) in [5.74, 6) is 2.45. The van der Waals surface area contributed by atoms with Crippen LogP contribution in [0.3, 0.4) is 0 Å². The van der Waals surface area contributed by atoms with Gasteiger partial charge in [0.1, 0.15) is 11.6 Å². The fraction of sp³-hybridized carbons (Fsp3) is 0.524. The Hall–Kier alpha value is -2.30. The number of aromatic nitrogens is 2. The highest BCUT2D eigenvalue weighted by atomic mass is 16.5. The van der Waals surface area contributed by atoms with Crippen LogP contribution in [0.2, 0.25) is 0 Å². The number of benzene rings is 1. The molecule has 2 aromatic rings. The van der Waals surface area contributed by atoms with Gasteiger partial charge in [-0.25, -0.2) is 4.98 Å². The van der Waals surface area contributed by atoms with Crippen LogP contribution >= 0.6 is 0 Å². The third kappa shape index (κ3) is 3.00. The molecule has 5 nitrogen and oxygen atoms in total. The summed E-state index contributed by atoms with van der Waals surface area (Å²) < 4.78 is 7.31. The number of aryl methyl sites for hydroxylation is 1. The average Bonchev–Trinajstić information content (AvgIpc) is 3.22. The van der Waals surface area contributed by atoms with Crippen LogP contribution in [-0.2, 0) is 17.3 Å². The van der Waals surface area contributed by atoms with Gasteiger partial charge in [-0.2, -0.15) is 0 Å². The first-order valence-electron chi connectivity index (χ1n) is 9.57. The fourth-order valence-electron chi connectivity index (χ4n) is 4.31. The molecular formula is C21H27N3O2. The minimum absolute atomic E-state index is 0.0122. The molecule has 2 saturated carbocycles. The van der Waals surface area contributed by atoms with Crippen LogP contribution in [0.5, 0.6) is 5.75 Å². The van der Waals surface area contributed by atoms with Gasteiger partial charge in [-0.15, -0.1) is 0 Å². The summed E-state index contributed by atoms with van der Waals surface area (Å²) in [6.07, 6.45) is 10.1. The fourth-order valence-corrected chi connectivity index (χ4v) is 4.31. The number of hydrogen-bond donors (Lipinski definition) is 1. The molecule has 1 N–H and O–H groups in total. The second kappa shape index (κ2) is 6.78. The van der Waals surface area contributed by atoms with E-state index in [0.717, 1.165) is 55.7 Å². The minimum atomic E-state index is -0.426. The third-order valence-corrected chi connectivity index (χ3v) is 6.05. The first kappa shape index (κ1) is 17.1. The molecule has 1 heterocycles. The molecule has 0 bridgehead atoms. The van der Waals surface area contributed by atoms with E-state index in [9.17, 15) is 4.79 Å². The second-order valence-electron chi connectivity index (χ2n) is 7.70. The number of hydrogen-bond acceptors (Lipinski definition) is 3. The van der Waals surface area contributed by atoms with Crippen molar-refractivity contribution in [3.8, 4) is 5.75 Å². The van der Waals surface area contributed by atoms with E-state index in [0.29, 0.717) is 5.92 Å². The number of imidazole rings is 1. The van der Waals surface area contributed by atoms with Crippen LogP contribution in [0.1, 0.15) is 56.0 Å². The molecule has 1 atom stereocenters. The largest absolute Gasteiger partial charge is 0.497 e. The standard InChI is InChI=1S/C21H27N3O2/c1-24-14-13-22-19(24)18(15-5-6-15)23-20(25)21(11-3-4-12-21)16-7-9-17(26-2)10-8-16/h7-10,13-15,18H,3-6,11-12H2,1-2H3,(H,23,25). The lowest BCUT2D eigenvalue weighted by Gasteiger charge is -2.31. The maximum atomic E-state index is 13.5. The topological polar surface area (TPSA) is 56.1 Å². The van der Waals surface area contributed by atoms with Gasteiger partial charge < -0.3 is 14.6 Å². The number of ether oxygens (including phenoxy) is 1. The molecule has 0 aliphatic heterocycles. The van der Waals surface area contributed by atoms with E-state index >= 15 is 0 Å². The van der Waals surface area contributed by atoms with Crippen molar-refractivity contribution in [1.82, 2.24) is 14.9 Å². The van der Waals surface area contributed by atoms with Gasteiger partial charge in [-0.3, -0.25) is 4.79 Å². The summed E-state index contributed by atoms with van der Waals surface area (Å²) in [5, 5.41) is 3.38. The van der Waals surface area contributed by atoms with Crippen molar-refractivity contribution in [2.24, 2.45) is 13.0 Å². The summed E-state index contributed by atoms with van der Waals surface area (Å²) in [6.45, 7) is 0. The first-order chi connectivity index (χ1) is 12.6. The zero-order chi connectivity index (χ0) is 18.1. The monoisotopic (exact) mass is 353 g/mol. The molecule has 2 fully saturated rings. The Bertz CT molecular complexity index is 771. The SMILES string of the molecule is COc1ccc(C2(C(=O)NC(c3nccn3C)C3CC3)CCCC2)cc1. The van der Waals surface area contributed by atoms with E-state index in [1.54, 1.807) is 7.11 Å². The molecule has 1 aromatic heterocycles. The van der Waals surface area contributed by atoms with E-state index in [4.69, 9.17) is 4.74 Å². The zero-order valence-electron chi connectivity index (χ0n) is 15.6. The highest BCUT2D eigenvalue weighted by Crippen LogP contribution is 2.45. The van der Waals surface area contributed by atoms with Crippen molar-refractivity contribution < 1.29 is 9.53 Å². The van der Waals surface area contributed by atoms with E-state index < -0.39 is 5.41 Å². The molecule has 26 heavy (non-hydrogen) atoms. The van der Waals surface area contributed by atoms with Crippen molar-refractivity contribution in [3.05, 3.63) is 48.0 Å². The molecule has 0 spiro atoms. The molecule has 4 rings (SSSR count). The predicted octanol–water partition coefficient (Wildman–Crippen LogP) is 3.51. The number of nitrogens with zero attached hydrogens (tertiary/aromatic N) is 2. The molecular weight excluding hydrogens is 326 g/mol. The van der Waals surface area contributed by atoms with Gasteiger partial charge in [-0.1, -0.05) is 25.0 Å². The van der Waals surface area contributed by atoms with Crippen LogP contribution in [-0.4, -0.2) is 22.6 Å². The molecule has 5 heteroatoms. The molecule has 138 valence electrons. The predicted molar refractivity (Wildman–Crippen MR) is 100.0 cm³/mol. The quantitative estimate of drug-likeness (QED) is 0.865. The van der Waals surface area contributed by atoms with Gasteiger partial charge in [0.15, 0.2) is 0 Å². The Labute approximate surface area is 154 Å². The van der Waals surface area contributed by atoms with E-state index in [1.807, 2.05) is 36.1 Å². The lowest BCUT2D eigenvalue weighted by Crippen LogP contribution is -2.45. The molecule has 2 aliphatic carbocycles. The lowest BCUT2D eigenvalue weighted by atomic mass is 9.77. The van der Waals surface area contributed by atoms with E-state index in [2.05, 4.69) is 22.4 Å². The summed E-state index contributed by atoms with van der Waals surface area (Å²) in [4.78, 5) is 18.0. The number of amides is 1. The molecule has 1 aromatic carbocycles. The van der Waals surface area contributed by atoms with Gasteiger partial charge in [0.2, 0.25) is 5.91 Å². The number of nitrogens with one attached hydrogen (secondary N) is 1. The van der Waals surface area contributed by atoms with Crippen molar-refractivity contribution in [1.29, 1.82) is 0 Å². The molecule has 1 amide bonds. The Balaban J connectivity index is 1.61. The second-order valence-corrected chi connectivity index (χ2v) is 7.70. The summed E-state index contributed by atoms with van der Waals surface area (Å²) in [6, 6.07) is 8.03. The molecule has 2 aliphatic rings. The Kier molecular flexibility index (Phi) is 4.47. The number of rotatable bonds is 6. The van der Waals surface area contributed by atoms with Gasteiger partial charge >= 0.3 is 0 Å². The Morgan fingerprint density at radius 3 is 2.50 bits per heavy atom. The summed E-state index contributed by atoms with van der Waals surface area (Å²) >= 11 is 0. The smallest absolute Gasteiger partial charge is 0.231 e. The van der Waals surface area contributed by atoms with Gasteiger partial charge in [-0.05, 0) is 49.3 Å². The highest BCUT2D eigenvalue weighted by Gasteiger charge is 2.45. The normalized spacial score (nSPS) is 19.9. The van der Waals surface area contributed by atoms with Gasteiger partial charge in [0.05, 0.1) is 18.6 Å². The number of carbonyl (C=O) groups excluding carboxylic acids is 1. The Morgan fingerprint density at radius 2 is 1.96 bits per heavy atom. The van der Waals surface area contributed by atoms with E-state index in [-0.39, 0.29) is 11.9 Å². The Morgan fingerprint density at radius 1 is 1.27 bits per heavy atom. The minimum Gasteiger partial charge on any atom is -0.497 e. The van der Waals surface area contributed by atoms with E-state index in [1.165, 1.54) is 0 Å². The van der Waals surface area contributed by atoms with Crippen LogP contribution < -0.4 is 10.1 Å². The van der Waals surface area contributed by atoms with Crippen LogP contribution in [0, 0.1) is 5.92 Å². The van der Waals surface area contributed by atoms with Crippen LogP contribution in [0.25, 0.3) is 0 Å². The van der Waals surface area contributed by atoms with Crippen molar-refractivity contribution >= 4 is 5.91 Å². The first-order valence-corrected chi connectivity index (χ1v) is 9.57. The maximum absolute atomic E-state index is 13.5. The average molecular weight is 353 g/mol. The number of methoxy groups -OCH3 is 1. The highest BCUT2D eigenvalue weighted by molar-refractivity contribution is 5.89. The van der Waals surface area contributed by atoms with Gasteiger partial charge in [0, 0.05) is 19.4 Å². The van der Waals surface area contributed by atoms with Gasteiger partial charge in [0.25, 0.3) is 0 Å². The van der Waals surface area contributed by atoms with Crippen molar-refractivity contribution in [2.45, 2.75) is 50.0 Å².